The predicted molar refractivity (Wildman–Crippen MR) is 76.5 cm³/mol. The Labute approximate surface area is 126 Å². The highest BCUT2D eigenvalue weighted by molar-refractivity contribution is 6.29. The monoisotopic (exact) mass is 314 g/mol. The molecule has 0 saturated carbocycles. The number of hydrogen-bond acceptors (Lipinski definition) is 6. The van der Waals surface area contributed by atoms with Crippen LogP contribution in [0.15, 0.2) is 12.1 Å². The molecule has 1 unspecified atom stereocenters. The van der Waals surface area contributed by atoms with Gasteiger partial charge in [0.1, 0.15) is 11.2 Å². The molecule has 1 aromatic heterocycles. The van der Waals surface area contributed by atoms with Crippen LogP contribution in [0.3, 0.4) is 0 Å². The molecule has 8 nitrogen and oxygen atoms in total. The van der Waals surface area contributed by atoms with E-state index in [0.717, 1.165) is 0 Å². The van der Waals surface area contributed by atoms with Crippen LogP contribution in [0, 0.1) is 10.1 Å². The standard InChI is InChI=1S/C12H15ClN4O4/c1-2-14-12(18)9-7-21-6-5-16(9)11-8(17(19)20)3-4-10(13)15-11/h3-4,9H,2,5-7H2,1H3,(H,14,18). The summed E-state index contributed by atoms with van der Waals surface area (Å²) in [5.74, 6) is -0.166. The first-order valence-electron chi connectivity index (χ1n) is 6.47. The molecule has 1 saturated heterocycles. The highest BCUT2D eigenvalue weighted by Crippen LogP contribution is 2.30. The second kappa shape index (κ2) is 6.68. The van der Waals surface area contributed by atoms with Gasteiger partial charge in [-0.3, -0.25) is 14.9 Å². The van der Waals surface area contributed by atoms with Crippen molar-refractivity contribution >= 4 is 29.0 Å². The summed E-state index contributed by atoms with van der Waals surface area (Å²) >= 11 is 5.84. The van der Waals surface area contributed by atoms with E-state index in [0.29, 0.717) is 19.7 Å². The van der Waals surface area contributed by atoms with Crippen molar-refractivity contribution in [2.45, 2.75) is 13.0 Å². The van der Waals surface area contributed by atoms with Crippen LogP contribution in [0.2, 0.25) is 5.15 Å². The van der Waals surface area contributed by atoms with Crippen LogP contribution in [-0.4, -0.2) is 48.2 Å². The van der Waals surface area contributed by atoms with E-state index in [1.54, 1.807) is 11.8 Å². The fraction of sp³-hybridized carbons (Fsp3) is 0.500. The number of halogens is 1. The fourth-order valence-corrected chi connectivity index (χ4v) is 2.28. The Morgan fingerprint density at radius 3 is 3.10 bits per heavy atom. The van der Waals surface area contributed by atoms with Crippen molar-refractivity contribution in [3.63, 3.8) is 0 Å². The Kier molecular flexibility index (Phi) is 4.92. The van der Waals surface area contributed by atoms with Crippen molar-refractivity contribution in [1.29, 1.82) is 0 Å². The first-order chi connectivity index (χ1) is 10.0. The maximum absolute atomic E-state index is 12.1. The number of nitrogens with zero attached hydrogens (tertiary/aromatic N) is 3. The number of anilines is 1. The lowest BCUT2D eigenvalue weighted by Gasteiger charge is -2.34. The van der Waals surface area contributed by atoms with Gasteiger partial charge in [-0.05, 0) is 13.0 Å². The van der Waals surface area contributed by atoms with Crippen LogP contribution < -0.4 is 10.2 Å². The lowest BCUT2D eigenvalue weighted by molar-refractivity contribution is -0.384. The predicted octanol–water partition coefficient (Wildman–Crippen LogP) is 0.984. The number of morpholine rings is 1. The molecule has 9 heteroatoms. The molecule has 1 N–H and O–H groups in total. The van der Waals surface area contributed by atoms with E-state index in [2.05, 4.69) is 10.3 Å². The molecule has 1 atom stereocenters. The van der Waals surface area contributed by atoms with Gasteiger partial charge in [0.05, 0.1) is 18.1 Å². The van der Waals surface area contributed by atoms with E-state index >= 15 is 0 Å². The van der Waals surface area contributed by atoms with Crippen LogP contribution in [0.1, 0.15) is 6.92 Å². The van der Waals surface area contributed by atoms with Crippen molar-refractivity contribution in [3.05, 3.63) is 27.4 Å². The van der Waals surface area contributed by atoms with Crippen LogP contribution >= 0.6 is 11.6 Å². The van der Waals surface area contributed by atoms with Crippen molar-refractivity contribution in [1.82, 2.24) is 10.3 Å². The van der Waals surface area contributed by atoms with Crippen molar-refractivity contribution in [2.24, 2.45) is 0 Å². The highest BCUT2D eigenvalue weighted by atomic mass is 35.5. The molecular formula is C12H15ClN4O4. The number of carbonyl (C=O) groups is 1. The third kappa shape index (κ3) is 3.40. The second-order valence-electron chi connectivity index (χ2n) is 4.41. The lowest BCUT2D eigenvalue weighted by atomic mass is 10.2. The van der Waals surface area contributed by atoms with Gasteiger partial charge >= 0.3 is 5.69 Å². The molecule has 0 aromatic carbocycles. The van der Waals surface area contributed by atoms with Crippen molar-refractivity contribution in [2.75, 3.05) is 31.2 Å². The summed E-state index contributed by atoms with van der Waals surface area (Å²) in [5.41, 5.74) is -0.185. The SMILES string of the molecule is CCNC(=O)C1COCCN1c1nc(Cl)ccc1[N+](=O)[O-]. The van der Waals surface area contributed by atoms with E-state index in [9.17, 15) is 14.9 Å². The normalized spacial score (nSPS) is 18.4. The summed E-state index contributed by atoms with van der Waals surface area (Å²) in [4.78, 5) is 28.3. The third-order valence-electron chi connectivity index (χ3n) is 3.07. The molecule has 0 aliphatic carbocycles. The molecule has 0 spiro atoms. The Balaban J connectivity index is 2.39. The molecule has 0 bridgehead atoms. The summed E-state index contributed by atoms with van der Waals surface area (Å²) < 4.78 is 5.30. The number of nitro groups is 1. The van der Waals surface area contributed by atoms with E-state index in [1.807, 2.05) is 0 Å². The van der Waals surface area contributed by atoms with Crippen molar-refractivity contribution in [3.8, 4) is 0 Å². The quantitative estimate of drug-likeness (QED) is 0.505. The molecule has 1 aromatic rings. The van der Waals surface area contributed by atoms with Crippen LogP contribution in [-0.2, 0) is 9.53 Å². The van der Waals surface area contributed by atoms with Gasteiger partial charge < -0.3 is 15.0 Å². The summed E-state index contributed by atoms with van der Waals surface area (Å²) in [5, 5.41) is 14.0. The molecule has 2 heterocycles. The van der Waals surface area contributed by atoms with E-state index < -0.39 is 11.0 Å². The molecule has 1 aliphatic heterocycles. The number of amides is 1. The Morgan fingerprint density at radius 1 is 1.67 bits per heavy atom. The minimum atomic E-state index is -0.664. The minimum absolute atomic E-state index is 0.0899. The largest absolute Gasteiger partial charge is 0.377 e. The van der Waals surface area contributed by atoms with Crippen LogP contribution in [0.4, 0.5) is 11.5 Å². The van der Waals surface area contributed by atoms with Gasteiger partial charge in [0.2, 0.25) is 11.7 Å². The number of likely N-dealkylation sites (N-methyl/N-ethyl adjacent to an activating group) is 1. The zero-order valence-electron chi connectivity index (χ0n) is 11.4. The molecule has 21 heavy (non-hydrogen) atoms. The lowest BCUT2D eigenvalue weighted by Crippen LogP contribution is -2.54. The zero-order chi connectivity index (χ0) is 15.4. The summed E-state index contributed by atoms with van der Waals surface area (Å²) in [6.07, 6.45) is 0. The van der Waals surface area contributed by atoms with Crippen LogP contribution in [0.5, 0.6) is 0 Å². The third-order valence-corrected chi connectivity index (χ3v) is 3.28. The molecule has 1 amide bonds. The summed E-state index contributed by atoms with van der Waals surface area (Å²) in [6.45, 7) is 3.11. The molecule has 0 radical (unpaired) electrons. The van der Waals surface area contributed by atoms with Gasteiger partial charge in [0.15, 0.2) is 0 Å². The maximum Gasteiger partial charge on any atom is 0.311 e. The van der Waals surface area contributed by atoms with E-state index in [1.165, 1.54) is 12.1 Å². The number of pyridine rings is 1. The first kappa shape index (κ1) is 15.5. The molecule has 2 rings (SSSR count). The van der Waals surface area contributed by atoms with Gasteiger partial charge in [0.25, 0.3) is 0 Å². The summed E-state index contributed by atoms with van der Waals surface area (Å²) in [6, 6.07) is 1.98. The van der Waals surface area contributed by atoms with Crippen LogP contribution in [0.25, 0.3) is 0 Å². The number of carbonyl (C=O) groups excluding carboxylic acids is 1. The van der Waals surface area contributed by atoms with Gasteiger partial charge in [0, 0.05) is 19.2 Å². The number of ether oxygens (including phenoxy) is 1. The molecule has 114 valence electrons. The van der Waals surface area contributed by atoms with Gasteiger partial charge in [-0.25, -0.2) is 4.98 Å². The maximum atomic E-state index is 12.1. The Hall–Kier alpha value is -1.93. The molecular weight excluding hydrogens is 300 g/mol. The number of rotatable bonds is 4. The molecule has 1 fully saturated rings. The fourth-order valence-electron chi connectivity index (χ4n) is 2.14. The van der Waals surface area contributed by atoms with E-state index in [4.69, 9.17) is 16.3 Å². The Morgan fingerprint density at radius 2 is 2.43 bits per heavy atom. The first-order valence-corrected chi connectivity index (χ1v) is 6.85. The average Bonchev–Trinajstić information content (AvgIpc) is 2.47. The smallest absolute Gasteiger partial charge is 0.311 e. The van der Waals surface area contributed by atoms with Gasteiger partial charge in [-0.15, -0.1) is 0 Å². The van der Waals surface area contributed by atoms with E-state index in [-0.39, 0.29) is 29.2 Å². The van der Waals surface area contributed by atoms with Gasteiger partial charge in [-0.1, -0.05) is 11.6 Å². The molecule has 1 aliphatic rings. The van der Waals surface area contributed by atoms with Gasteiger partial charge in [-0.2, -0.15) is 0 Å². The topological polar surface area (TPSA) is 97.6 Å². The Bertz CT molecular complexity index is 554. The van der Waals surface area contributed by atoms with Crippen molar-refractivity contribution < 1.29 is 14.5 Å². The number of nitrogens with one attached hydrogen (secondary N) is 1. The minimum Gasteiger partial charge on any atom is -0.377 e. The average molecular weight is 315 g/mol. The summed E-state index contributed by atoms with van der Waals surface area (Å²) in [7, 11) is 0. The second-order valence-corrected chi connectivity index (χ2v) is 4.80. The number of hydrogen-bond donors (Lipinski definition) is 1. The zero-order valence-corrected chi connectivity index (χ0v) is 12.2. The number of aromatic nitrogens is 1. The highest BCUT2D eigenvalue weighted by Gasteiger charge is 2.34.